The SMILES string of the molecule is COCCNC(=O)c1ccc2c3c1C(CC(F)(F)F)CN3CCNC2. The van der Waals surface area contributed by atoms with Crippen molar-refractivity contribution in [3.05, 3.63) is 28.8 Å². The van der Waals surface area contributed by atoms with E-state index in [1.54, 1.807) is 6.07 Å². The quantitative estimate of drug-likeness (QED) is 0.792. The fourth-order valence-electron chi connectivity index (χ4n) is 3.68. The maximum atomic E-state index is 13.1. The highest BCUT2D eigenvalue weighted by atomic mass is 19.4. The summed E-state index contributed by atoms with van der Waals surface area (Å²) in [5.41, 5.74) is 2.63. The molecular formula is C17H22F3N3O2. The molecule has 5 nitrogen and oxygen atoms in total. The van der Waals surface area contributed by atoms with Crippen molar-refractivity contribution >= 4 is 11.6 Å². The summed E-state index contributed by atoms with van der Waals surface area (Å²) in [6.07, 6.45) is -5.17. The van der Waals surface area contributed by atoms with E-state index in [4.69, 9.17) is 4.74 Å². The Morgan fingerprint density at radius 3 is 2.96 bits per heavy atom. The predicted molar refractivity (Wildman–Crippen MR) is 88.0 cm³/mol. The van der Waals surface area contributed by atoms with Gasteiger partial charge in [0.1, 0.15) is 0 Å². The molecule has 1 unspecified atom stereocenters. The highest BCUT2D eigenvalue weighted by Crippen LogP contribution is 2.46. The Labute approximate surface area is 144 Å². The Bertz CT molecular complexity index is 649. The molecule has 138 valence electrons. The lowest BCUT2D eigenvalue weighted by Gasteiger charge is -2.19. The lowest BCUT2D eigenvalue weighted by Crippen LogP contribution is -2.29. The first kappa shape index (κ1) is 18.0. The second-order valence-electron chi connectivity index (χ2n) is 6.42. The van der Waals surface area contributed by atoms with E-state index in [-0.39, 0.29) is 5.91 Å². The van der Waals surface area contributed by atoms with Crippen LogP contribution in [-0.2, 0) is 11.3 Å². The van der Waals surface area contributed by atoms with Gasteiger partial charge in [-0.3, -0.25) is 4.79 Å². The number of ether oxygens (including phenoxy) is 1. The van der Waals surface area contributed by atoms with Crippen LogP contribution >= 0.6 is 0 Å². The summed E-state index contributed by atoms with van der Waals surface area (Å²) in [6.45, 7) is 2.93. The summed E-state index contributed by atoms with van der Waals surface area (Å²) < 4.78 is 44.1. The zero-order valence-corrected chi connectivity index (χ0v) is 14.1. The van der Waals surface area contributed by atoms with Crippen LogP contribution in [0.25, 0.3) is 0 Å². The molecule has 1 amide bonds. The average molecular weight is 357 g/mol. The highest BCUT2D eigenvalue weighted by Gasteiger charge is 2.41. The van der Waals surface area contributed by atoms with Gasteiger partial charge < -0.3 is 20.3 Å². The van der Waals surface area contributed by atoms with Gasteiger partial charge in [0, 0.05) is 57.0 Å². The molecule has 0 bridgehead atoms. The van der Waals surface area contributed by atoms with Crippen molar-refractivity contribution in [2.45, 2.75) is 25.1 Å². The Hall–Kier alpha value is -1.80. The smallest absolute Gasteiger partial charge is 0.383 e. The summed E-state index contributed by atoms with van der Waals surface area (Å²) >= 11 is 0. The average Bonchev–Trinajstić information content (AvgIpc) is 2.75. The molecule has 0 aromatic heterocycles. The van der Waals surface area contributed by atoms with Gasteiger partial charge >= 0.3 is 6.18 Å². The van der Waals surface area contributed by atoms with Crippen LogP contribution in [0.5, 0.6) is 0 Å². The van der Waals surface area contributed by atoms with Crippen molar-refractivity contribution in [3.63, 3.8) is 0 Å². The van der Waals surface area contributed by atoms with Crippen molar-refractivity contribution < 1.29 is 22.7 Å². The van der Waals surface area contributed by atoms with E-state index >= 15 is 0 Å². The van der Waals surface area contributed by atoms with E-state index in [0.29, 0.717) is 50.5 Å². The lowest BCUT2D eigenvalue weighted by atomic mass is 9.90. The van der Waals surface area contributed by atoms with Crippen molar-refractivity contribution in [2.75, 3.05) is 44.8 Å². The molecule has 1 aromatic rings. The molecule has 0 aliphatic carbocycles. The minimum atomic E-state index is -4.26. The number of hydrogen-bond acceptors (Lipinski definition) is 4. The third kappa shape index (κ3) is 3.90. The minimum absolute atomic E-state index is 0.298. The fraction of sp³-hybridized carbons (Fsp3) is 0.588. The molecule has 2 heterocycles. The second kappa shape index (κ2) is 7.21. The predicted octanol–water partition coefficient (Wildman–Crippen LogP) is 2.02. The minimum Gasteiger partial charge on any atom is -0.383 e. The van der Waals surface area contributed by atoms with Crippen LogP contribution in [0.15, 0.2) is 12.1 Å². The third-order valence-electron chi connectivity index (χ3n) is 4.65. The number of carbonyl (C=O) groups excluding carboxylic acids is 1. The van der Waals surface area contributed by atoms with E-state index in [2.05, 4.69) is 10.6 Å². The molecular weight excluding hydrogens is 335 g/mol. The molecule has 8 heteroatoms. The summed E-state index contributed by atoms with van der Waals surface area (Å²) in [6, 6.07) is 3.49. The number of methoxy groups -OCH3 is 1. The number of rotatable bonds is 5. The number of carbonyl (C=O) groups is 1. The number of benzene rings is 1. The zero-order chi connectivity index (χ0) is 18.0. The zero-order valence-electron chi connectivity index (χ0n) is 14.1. The molecule has 1 aromatic carbocycles. The summed E-state index contributed by atoms with van der Waals surface area (Å²) in [5, 5.41) is 5.99. The summed E-state index contributed by atoms with van der Waals surface area (Å²) in [5.74, 6) is -1.06. The normalized spacial score (nSPS) is 19.5. The molecule has 2 aliphatic rings. The number of halogens is 3. The second-order valence-corrected chi connectivity index (χ2v) is 6.42. The van der Waals surface area contributed by atoms with Gasteiger partial charge in [-0.25, -0.2) is 0 Å². The Morgan fingerprint density at radius 1 is 1.44 bits per heavy atom. The molecule has 1 atom stereocenters. The topological polar surface area (TPSA) is 53.6 Å². The Morgan fingerprint density at radius 2 is 2.24 bits per heavy atom. The van der Waals surface area contributed by atoms with Gasteiger partial charge in [-0.1, -0.05) is 6.07 Å². The monoisotopic (exact) mass is 357 g/mol. The number of amides is 1. The lowest BCUT2D eigenvalue weighted by molar-refractivity contribution is -0.138. The molecule has 2 aliphatic heterocycles. The van der Waals surface area contributed by atoms with E-state index in [9.17, 15) is 18.0 Å². The van der Waals surface area contributed by atoms with Crippen molar-refractivity contribution in [2.24, 2.45) is 0 Å². The standard InChI is InChI=1S/C17H22F3N3O2/c1-25-7-5-22-16(24)13-3-2-11-9-21-4-6-23-10-12(8-17(18,19)20)14(13)15(11)23/h2-3,12,21H,4-10H2,1H3,(H,22,24). The van der Waals surface area contributed by atoms with Gasteiger partial charge in [0.05, 0.1) is 13.0 Å². The molecule has 0 saturated carbocycles. The summed E-state index contributed by atoms with van der Waals surface area (Å²) in [7, 11) is 1.53. The molecule has 2 N–H and O–H groups in total. The maximum Gasteiger partial charge on any atom is 0.389 e. The van der Waals surface area contributed by atoms with Crippen LogP contribution in [0.2, 0.25) is 0 Å². The van der Waals surface area contributed by atoms with E-state index < -0.39 is 18.5 Å². The molecule has 3 rings (SSSR count). The number of hydrogen-bond donors (Lipinski definition) is 2. The molecule has 0 radical (unpaired) electrons. The maximum absolute atomic E-state index is 13.1. The van der Waals surface area contributed by atoms with Crippen molar-refractivity contribution in [3.8, 4) is 0 Å². The van der Waals surface area contributed by atoms with Gasteiger partial charge in [-0.15, -0.1) is 0 Å². The van der Waals surface area contributed by atoms with Crippen LogP contribution in [0.1, 0.15) is 33.8 Å². The van der Waals surface area contributed by atoms with E-state index in [0.717, 1.165) is 11.3 Å². The van der Waals surface area contributed by atoms with Crippen LogP contribution in [0, 0.1) is 0 Å². The Kier molecular flexibility index (Phi) is 5.19. The van der Waals surface area contributed by atoms with Crippen molar-refractivity contribution in [1.82, 2.24) is 10.6 Å². The first-order valence-corrected chi connectivity index (χ1v) is 8.36. The van der Waals surface area contributed by atoms with Gasteiger partial charge in [0.2, 0.25) is 0 Å². The summed E-state index contributed by atoms with van der Waals surface area (Å²) in [4.78, 5) is 14.5. The van der Waals surface area contributed by atoms with Gasteiger partial charge in [-0.2, -0.15) is 13.2 Å². The number of nitrogens with zero attached hydrogens (tertiary/aromatic N) is 1. The first-order valence-electron chi connectivity index (χ1n) is 8.36. The van der Waals surface area contributed by atoms with Gasteiger partial charge in [0.25, 0.3) is 5.91 Å². The van der Waals surface area contributed by atoms with Gasteiger partial charge in [0.15, 0.2) is 0 Å². The fourth-order valence-corrected chi connectivity index (χ4v) is 3.68. The number of nitrogens with one attached hydrogen (secondary N) is 2. The van der Waals surface area contributed by atoms with E-state index in [1.807, 2.05) is 11.0 Å². The molecule has 0 spiro atoms. The van der Waals surface area contributed by atoms with Crippen LogP contribution in [-0.4, -0.2) is 52.0 Å². The first-order chi connectivity index (χ1) is 11.9. The number of anilines is 1. The van der Waals surface area contributed by atoms with E-state index in [1.165, 1.54) is 7.11 Å². The molecule has 25 heavy (non-hydrogen) atoms. The molecule has 0 saturated heterocycles. The third-order valence-corrected chi connectivity index (χ3v) is 4.65. The largest absolute Gasteiger partial charge is 0.389 e. The highest BCUT2D eigenvalue weighted by molar-refractivity contribution is 5.98. The van der Waals surface area contributed by atoms with Crippen LogP contribution in [0.4, 0.5) is 18.9 Å². The van der Waals surface area contributed by atoms with Gasteiger partial charge in [-0.05, 0) is 17.2 Å². The van der Waals surface area contributed by atoms with Crippen LogP contribution in [0.3, 0.4) is 0 Å². The Balaban J connectivity index is 1.98. The van der Waals surface area contributed by atoms with Crippen molar-refractivity contribution in [1.29, 1.82) is 0 Å². The molecule has 0 fully saturated rings. The van der Waals surface area contributed by atoms with Crippen LogP contribution < -0.4 is 15.5 Å². The number of alkyl halides is 3.